The summed E-state index contributed by atoms with van der Waals surface area (Å²) in [5, 5.41) is 3.74. The number of benzene rings is 1. The normalized spacial score (nSPS) is 26.5. The SMILES string of the molecule is Cc1c(Cl)ccc2c1N1C(C)CNC(=O)C1C2. The number of piperazine rings is 1. The summed E-state index contributed by atoms with van der Waals surface area (Å²) in [6, 6.07) is 4.25. The van der Waals surface area contributed by atoms with Crippen LogP contribution in [0.4, 0.5) is 5.69 Å². The number of amides is 1. The van der Waals surface area contributed by atoms with Crippen molar-refractivity contribution in [3.05, 3.63) is 28.3 Å². The molecule has 1 aromatic rings. The molecule has 3 nitrogen and oxygen atoms in total. The summed E-state index contributed by atoms with van der Waals surface area (Å²) >= 11 is 6.18. The molecule has 1 N–H and O–H groups in total. The van der Waals surface area contributed by atoms with E-state index < -0.39 is 0 Å². The molecule has 4 heteroatoms. The summed E-state index contributed by atoms with van der Waals surface area (Å²) in [6.07, 6.45) is 0.795. The van der Waals surface area contributed by atoms with Gasteiger partial charge in [-0.3, -0.25) is 4.79 Å². The lowest BCUT2D eigenvalue weighted by Crippen LogP contribution is -2.58. The molecule has 1 aromatic carbocycles. The number of nitrogens with zero attached hydrogens (tertiary/aromatic N) is 1. The molecule has 2 atom stereocenters. The second-order valence-electron chi connectivity index (χ2n) is 4.90. The topological polar surface area (TPSA) is 32.3 Å². The number of carbonyl (C=O) groups is 1. The van der Waals surface area contributed by atoms with Crippen molar-refractivity contribution in [1.82, 2.24) is 5.32 Å². The zero-order valence-corrected chi connectivity index (χ0v) is 10.7. The zero-order chi connectivity index (χ0) is 12.2. The number of anilines is 1. The molecule has 0 aliphatic carbocycles. The fourth-order valence-corrected chi connectivity index (χ4v) is 3.08. The summed E-state index contributed by atoms with van der Waals surface area (Å²) < 4.78 is 0. The third-order valence-electron chi connectivity index (χ3n) is 3.80. The van der Waals surface area contributed by atoms with Crippen LogP contribution in [0.25, 0.3) is 0 Å². The van der Waals surface area contributed by atoms with Gasteiger partial charge in [0.1, 0.15) is 6.04 Å². The van der Waals surface area contributed by atoms with Gasteiger partial charge in [-0.05, 0) is 31.0 Å². The Morgan fingerprint density at radius 2 is 2.24 bits per heavy atom. The monoisotopic (exact) mass is 250 g/mol. The van der Waals surface area contributed by atoms with E-state index in [1.165, 1.54) is 11.3 Å². The molecule has 1 fully saturated rings. The van der Waals surface area contributed by atoms with E-state index in [-0.39, 0.29) is 11.9 Å². The molecule has 17 heavy (non-hydrogen) atoms. The van der Waals surface area contributed by atoms with Crippen LogP contribution in [0.1, 0.15) is 18.1 Å². The van der Waals surface area contributed by atoms with E-state index in [1.807, 2.05) is 19.1 Å². The van der Waals surface area contributed by atoms with Crippen molar-refractivity contribution < 1.29 is 4.79 Å². The maximum absolute atomic E-state index is 11.9. The highest BCUT2D eigenvalue weighted by molar-refractivity contribution is 6.31. The lowest BCUT2D eigenvalue weighted by molar-refractivity contribution is -0.123. The van der Waals surface area contributed by atoms with Crippen molar-refractivity contribution in [2.75, 3.05) is 11.4 Å². The van der Waals surface area contributed by atoms with E-state index in [4.69, 9.17) is 11.6 Å². The van der Waals surface area contributed by atoms with E-state index in [1.54, 1.807) is 0 Å². The average Bonchev–Trinajstić information content (AvgIpc) is 2.70. The van der Waals surface area contributed by atoms with Crippen molar-refractivity contribution >= 4 is 23.2 Å². The summed E-state index contributed by atoms with van der Waals surface area (Å²) in [6.45, 7) is 4.88. The second-order valence-corrected chi connectivity index (χ2v) is 5.31. The Morgan fingerprint density at radius 3 is 3.00 bits per heavy atom. The third-order valence-corrected chi connectivity index (χ3v) is 4.21. The van der Waals surface area contributed by atoms with Crippen LogP contribution in [0.3, 0.4) is 0 Å². The Balaban J connectivity index is 2.14. The van der Waals surface area contributed by atoms with Crippen LogP contribution in [-0.4, -0.2) is 24.5 Å². The van der Waals surface area contributed by atoms with Gasteiger partial charge in [0.05, 0.1) is 0 Å². The Hall–Kier alpha value is -1.22. The molecule has 1 amide bonds. The van der Waals surface area contributed by atoms with Crippen molar-refractivity contribution in [2.24, 2.45) is 0 Å². The molecule has 0 spiro atoms. The van der Waals surface area contributed by atoms with Gasteiger partial charge in [0.15, 0.2) is 0 Å². The maximum Gasteiger partial charge on any atom is 0.243 e. The van der Waals surface area contributed by atoms with Crippen molar-refractivity contribution in [3.63, 3.8) is 0 Å². The Kier molecular flexibility index (Phi) is 2.33. The van der Waals surface area contributed by atoms with Gasteiger partial charge in [-0.25, -0.2) is 0 Å². The second kappa shape index (κ2) is 3.64. The smallest absolute Gasteiger partial charge is 0.243 e. The molecule has 2 heterocycles. The first kappa shape index (κ1) is 10.9. The zero-order valence-electron chi connectivity index (χ0n) is 9.96. The van der Waals surface area contributed by atoms with E-state index in [2.05, 4.69) is 17.1 Å². The molecule has 3 rings (SSSR count). The van der Waals surface area contributed by atoms with Gasteiger partial charge >= 0.3 is 0 Å². The summed E-state index contributed by atoms with van der Waals surface area (Å²) in [7, 11) is 0. The minimum Gasteiger partial charge on any atom is -0.354 e. The predicted octanol–water partition coefficient (Wildman–Crippen LogP) is 1.90. The highest BCUT2D eigenvalue weighted by Crippen LogP contribution is 2.40. The highest BCUT2D eigenvalue weighted by Gasteiger charge is 2.41. The predicted molar refractivity (Wildman–Crippen MR) is 68.6 cm³/mol. The third kappa shape index (κ3) is 1.45. The quantitative estimate of drug-likeness (QED) is 0.763. The maximum atomic E-state index is 11.9. The van der Waals surface area contributed by atoms with Gasteiger partial charge in [0.25, 0.3) is 0 Å². The molecular weight excluding hydrogens is 236 g/mol. The van der Waals surface area contributed by atoms with Crippen LogP contribution >= 0.6 is 11.6 Å². The van der Waals surface area contributed by atoms with E-state index >= 15 is 0 Å². The molecule has 90 valence electrons. The lowest BCUT2D eigenvalue weighted by Gasteiger charge is -2.38. The molecule has 0 bridgehead atoms. The fourth-order valence-electron chi connectivity index (χ4n) is 2.93. The van der Waals surface area contributed by atoms with Crippen molar-refractivity contribution in [1.29, 1.82) is 0 Å². The number of carbonyl (C=O) groups excluding carboxylic acids is 1. The molecule has 2 aliphatic rings. The average molecular weight is 251 g/mol. The number of rotatable bonds is 0. The first-order valence-electron chi connectivity index (χ1n) is 5.93. The number of nitrogens with one attached hydrogen (secondary N) is 1. The Labute approximate surface area is 106 Å². The van der Waals surface area contributed by atoms with Gasteiger partial charge < -0.3 is 10.2 Å². The van der Waals surface area contributed by atoms with E-state index in [9.17, 15) is 4.79 Å². The van der Waals surface area contributed by atoms with Gasteiger partial charge in [-0.2, -0.15) is 0 Å². The van der Waals surface area contributed by atoms with Crippen LogP contribution in [0.2, 0.25) is 5.02 Å². The van der Waals surface area contributed by atoms with Crippen LogP contribution < -0.4 is 10.2 Å². The first-order chi connectivity index (χ1) is 8.09. The van der Waals surface area contributed by atoms with Crippen LogP contribution in [0.5, 0.6) is 0 Å². The van der Waals surface area contributed by atoms with Gasteiger partial charge in [0, 0.05) is 29.7 Å². The number of fused-ring (bicyclic) bond motifs is 3. The Morgan fingerprint density at radius 1 is 1.47 bits per heavy atom. The molecule has 1 saturated heterocycles. The molecule has 2 aliphatic heterocycles. The largest absolute Gasteiger partial charge is 0.354 e. The lowest BCUT2D eigenvalue weighted by atomic mass is 10.1. The highest BCUT2D eigenvalue weighted by atomic mass is 35.5. The molecule has 0 saturated carbocycles. The van der Waals surface area contributed by atoms with Crippen LogP contribution in [0.15, 0.2) is 12.1 Å². The Bertz CT molecular complexity index is 500. The fraction of sp³-hybridized carbons (Fsp3) is 0.462. The van der Waals surface area contributed by atoms with E-state index in [0.29, 0.717) is 12.6 Å². The summed E-state index contributed by atoms with van der Waals surface area (Å²) in [5.74, 6) is 0.134. The van der Waals surface area contributed by atoms with Crippen LogP contribution in [-0.2, 0) is 11.2 Å². The summed E-state index contributed by atoms with van der Waals surface area (Å²) in [4.78, 5) is 14.1. The van der Waals surface area contributed by atoms with Gasteiger partial charge in [-0.15, -0.1) is 0 Å². The molecule has 0 aromatic heterocycles. The number of hydrogen-bond donors (Lipinski definition) is 1. The van der Waals surface area contributed by atoms with Gasteiger partial charge in [0.2, 0.25) is 5.91 Å². The number of hydrogen-bond acceptors (Lipinski definition) is 2. The molecular formula is C13H15ClN2O. The standard InChI is InChI=1S/C13H15ClN2O/c1-7-6-15-13(17)11-5-9-3-4-10(14)8(2)12(9)16(7)11/h3-4,7,11H,5-6H2,1-2H3,(H,15,17). The molecule has 2 unspecified atom stereocenters. The van der Waals surface area contributed by atoms with Crippen LogP contribution in [0, 0.1) is 6.92 Å². The first-order valence-corrected chi connectivity index (χ1v) is 6.31. The van der Waals surface area contributed by atoms with E-state index in [0.717, 1.165) is 17.0 Å². The van der Waals surface area contributed by atoms with Crippen molar-refractivity contribution in [3.8, 4) is 0 Å². The van der Waals surface area contributed by atoms with Gasteiger partial charge in [-0.1, -0.05) is 17.7 Å². The minimum absolute atomic E-state index is 0.0501. The minimum atomic E-state index is -0.0501. The van der Waals surface area contributed by atoms with Crippen molar-refractivity contribution in [2.45, 2.75) is 32.4 Å². The molecule has 0 radical (unpaired) electrons. The number of halogens is 1. The summed E-state index contributed by atoms with van der Waals surface area (Å²) in [5.41, 5.74) is 3.50.